The summed E-state index contributed by atoms with van der Waals surface area (Å²) in [5.74, 6) is 0.118. The number of aliphatic hydroxyl groups is 3. The first-order valence-corrected chi connectivity index (χ1v) is 9.12. The summed E-state index contributed by atoms with van der Waals surface area (Å²) in [4.78, 5) is 27.5. The van der Waals surface area contributed by atoms with E-state index >= 15 is 0 Å². The molecule has 0 aromatic carbocycles. The molecule has 2 aliphatic rings. The van der Waals surface area contributed by atoms with Crippen LogP contribution in [-0.2, 0) is 9.53 Å². The molecule has 2 aliphatic heterocycles. The van der Waals surface area contributed by atoms with E-state index in [4.69, 9.17) is 4.74 Å². The number of aromatic amines is 1. The summed E-state index contributed by atoms with van der Waals surface area (Å²) in [6.45, 7) is 0.0259. The molecule has 152 valence electrons. The Balaban J connectivity index is 1.42. The zero-order valence-electron chi connectivity index (χ0n) is 14.9. The summed E-state index contributed by atoms with van der Waals surface area (Å²) in [5, 5.41) is 38.5. The minimum absolute atomic E-state index is 0.182. The summed E-state index contributed by atoms with van der Waals surface area (Å²) >= 11 is 0. The van der Waals surface area contributed by atoms with Gasteiger partial charge in [0.05, 0.1) is 31.1 Å². The number of amides is 1. The molecule has 2 fully saturated rings. The largest absolute Gasteiger partial charge is 0.394 e. The summed E-state index contributed by atoms with van der Waals surface area (Å²) < 4.78 is 5.78. The Morgan fingerprint density at radius 3 is 2.89 bits per heavy atom. The van der Waals surface area contributed by atoms with Gasteiger partial charge in [0.2, 0.25) is 5.91 Å². The predicted molar refractivity (Wildman–Crippen MR) is 96.0 cm³/mol. The molecule has 2 aromatic rings. The van der Waals surface area contributed by atoms with Gasteiger partial charge in [0.15, 0.2) is 17.7 Å². The van der Waals surface area contributed by atoms with Crippen molar-refractivity contribution in [3.63, 3.8) is 0 Å². The molecule has 7 N–H and O–H groups in total. The average molecular weight is 393 g/mol. The highest BCUT2D eigenvalue weighted by Crippen LogP contribution is 2.24. The van der Waals surface area contributed by atoms with Crippen LogP contribution in [0.3, 0.4) is 0 Å². The highest BCUT2D eigenvalue weighted by Gasteiger charge is 2.39. The van der Waals surface area contributed by atoms with E-state index in [0.717, 1.165) is 0 Å². The molecule has 12 heteroatoms. The van der Waals surface area contributed by atoms with Gasteiger partial charge in [-0.15, -0.1) is 0 Å². The normalized spacial score (nSPS) is 33.1. The molecule has 0 bridgehead atoms. The number of imidazole rings is 1. The predicted octanol–water partition coefficient (Wildman–Crippen LogP) is -2.56. The van der Waals surface area contributed by atoms with Crippen LogP contribution in [0.5, 0.6) is 0 Å². The SMILES string of the molecule is O=C(N[C@@H]1C[C@H](O)[C@@H](Nc2ncnc3nc[nH]c23)O[C@H]1CO)[C@H]1C[C@@H](O)CN1. The second-order valence-electron chi connectivity index (χ2n) is 7.01. The summed E-state index contributed by atoms with van der Waals surface area (Å²) in [5.41, 5.74) is 1.04. The number of hydrogen-bond acceptors (Lipinski definition) is 10. The molecule has 4 heterocycles. The number of nitrogens with zero attached hydrogens (tertiary/aromatic N) is 3. The van der Waals surface area contributed by atoms with Gasteiger partial charge in [0.25, 0.3) is 0 Å². The van der Waals surface area contributed by atoms with Gasteiger partial charge < -0.3 is 41.0 Å². The van der Waals surface area contributed by atoms with Crippen LogP contribution in [0.1, 0.15) is 12.8 Å². The first-order chi connectivity index (χ1) is 13.5. The molecule has 0 unspecified atom stereocenters. The zero-order valence-corrected chi connectivity index (χ0v) is 14.9. The van der Waals surface area contributed by atoms with Crippen LogP contribution in [0.4, 0.5) is 5.82 Å². The maximum absolute atomic E-state index is 12.4. The van der Waals surface area contributed by atoms with E-state index in [1.165, 1.54) is 12.7 Å². The van der Waals surface area contributed by atoms with Gasteiger partial charge in [-0.25, -0.2) is 15.0 Å². The fourth-order valence-corrected chi connectivity index (χ4v) is 3.57. The monoisotopic (exact) mass is 393 g/mol. The van der Waals surface area contributed by atoms with Crippen molar-refractivity contribution >= 4 is 22.9 Å². The topological polar surface area (TPSA) is 178 Å². The zero-order chi connectivity index (χ0) is 19.7. The lowest BCUT2D eigenvalue weighted by Crippen LogP contribution is -2.59. The number of anilines is 1. The van der Waals surface area contributed by atoms with Gasteiger partial charge in [0.1, 0.15) is 24.1 Å². The number of ether oxygens (including phenoxy) is 1. The van der Waals surface area contributed by atoms with E-state index in [1.54, 1.807) is 0 Å². The number of nitrogens with one attached hydrogen (secondary N) is 4. The van der Waals surface area contributed by atoms with Crippen molar-refractivity contribution in [1.29, 1.82) is 0 Å². The van der Waals surface area contributed by atoms with Crippen molar-refractivity contribution in [2.45, 2.75) is 49.5 Å². The van der Waals surface area contributed by atoms with Crippen LogP contribution in [0.15, 0.2) is 12.7 Å². The third-order valence-electron chi connectivity index (χ3n) is 5.05. The standard InChI is InChI=1S/C16H23N7O5/c24-4-11-8(22-15(27)9-1-7(25)3-17-9)2-10(26)16(28-11)23-14-12-13(19-5-18-12)20-6-21-14/h5-11,16-17,24-26H,1-4H2,(H,22,27)(H2,18,19,20,21,23)/t7-,8-,9-,10+,11+,16+/m1/s1. The molecule has 6 atom stereocenters. The van der Waals surface area contributed by atoms with Crippen LogP contribution in [0.2, 0.25) is 0 Å². The highest BCUT2D eigenvalue weighted by atomic mass is 16.5. The van der Waals surface area contributed by atoms with Crippen molar-refractivity contribution in [2.24, 2.45) is 0 Å². The molecule has 2 saturated heterocycles. The van der Waals surface area contributed by atoms with E-state index in [1.807, 2.05) is 0 Å². The van der Waals surface area contributed by atoms with Gasteiger partial charge >= 0.3 is 0 Å². The van der Waals surface area contributed by atoms with Gasteiger partial charge in [-0.2, -0.15) is 0 Å². The second kappa shape index (κ2) is 7.93. The van der Waals surface area contributed by atoms with Crippen molar-refractivity contribution in [1.82, 2.24) is 30.6 Å². The Kier molecular flexibility index (Phi) is 5.37. The number of carbonyl (C=O) groups excluding carboxylic acids is 1. The minimum Gasteiger partial charge on any atom is -0.394 e. The van der Waals surface area contributed by atoms with Crippen molar-refractivity contribution in [3.8, 4) is 0 Å². The third-order valence-corrected chi connectivity index (χ3v) is 5.05. The number of hydrogen-bond donors (Lipinski definition) is 7. The fourth-order valence-electron chi connectivity index (χ4n) is 3.57. The van der Waals surface area contributed by atoms with E-state index < -0.39 is 36.6 Å². The van der Waals surface area contributed by atoms with E-state index in [-0.39, 0.29) is 18.9 Å². The molecule has 28 heavy (non-hydrogen) atoms. The molecule has 1 amide bonds. The number of fused-ring (bicyclic) bond motifs is 1. The Morgan fingerprint density at radius 1 is 1.29 bits per heavy atom. The number of carbonyl (C=O) groups is 1. The number of aliphatic hydroxyl groups excluding tert-OH is 3. The number of rotatable bonds is 5. The van der Waals surface area contributed by atoms with Gasteiger partial charge in [-0.3, -0.25) is 4.79 Å². The number of H-pyrrole nitrogens is 1. The number of β-amino-alcohol motifs (C(OH)–C–C–N with tert-alkyl or cyclic N) is 1. The van der Waals surface area contributed by atoms with Crippen LogP contribution < -0.4 is 16.0 Å². The molecule has 0 aliphatic carbocycles. The van der Waals surface area contributed by atoms with Gasteiger partial charge in [-0.1, -0.05) is 0 Å². The van der Waals surface area contributed by atoms with Crippen molar-refractivity contribution in [3.05, 3.63) is 12.7 Å². The van der Waals surface area contributed by atoms with Gasteiger partial charge in [0, 0.05) is 13.0 Å². The van der Waals surface area contributed by atoms with Crippen LogP contribution >= 0.6 is 0 Å². The second-order valence-corrected chi connectivity index (χ2v) is 7.01. The lowest BCUT2D eigenvalue weighted by Gasteiger charge is -2.39. The molecule has 12 nitrogen and oxygen atoms in total. The molecular weight excluding hydrogens is 370 g/mol. The van der Waals surface area contributed by atoms with E-state index in [2.05, 4.69) is 35.9 Å². The highest BCUT2D eigenvalue weighted by molar-refractivity contribution is 5.83. The van der Waals surface area contributed by atoms with Crippen LogP contribution in [-0.4, -0.2) is 90.9 Å². The Hall–Kier alpha value is -2.38. The molecule has 0 radical (unpaired) electrons. The van der Waals surface area contributed by atoms with Crippen molar-refractivity contribution < 1.29 is 24.9 Å². The lowest BCUT2D eigenvalue weighted by atomic mass is 9.98. The molecule has 4 rings (SSSR count). The summed E-state index contributed by atoms with van der Waals surface area (Å²) in [6.07, 6.45) is 0.273. The molecule has 2 aromatic heterocycles. The third kappa shape index (κ3) is 3.77. The molecule has 0 spiro atoms. The minimum atomic E-state index is -0.955. The smallest absolute Gasteiger partial charge is 0.237 e. The maximum Gasteiger partial charge on any atom is 0.237 e. The first-order valence-electron chi connectivity index (χ1n) is 9.12. The molecule has 0 saturated carbocycles. The molecular formula is C16H23N7O5. The summed E-state index contributed by atoms with van der Waals surface area (Å²) in [6, 6.07) is -1.07. The first kappa shape index (κ1) is 19.0. The van der Waals surface area contributed by atoms with Crippen molar-refractivity contribution in [2.75, 3.05) is 18.5 Å². The fraction of sp³-hybridized carbons (Fsp3) is 0.625. The maximum atomic E-state index is 12.4. The Bertz CT molecular complexity index is 833. The Labute approximate surface area is 159 Å². The number of aromatic nitrogens is 4. The van der Waals surface area contributed by atoms with Crippen LogP contribution in [0.25, 0.3) is 11.2 Å². The van der Waals surface area contributed by atoms with E-state index in [0.29, 0.717) is 29.9 Å². The van der Waals surface area contributed by atoms with E-state index in [9.17, 15) is 20.1 Å². The quantitative estimate of drug-likeness (QED) is 0.286. The van der Waals surface area contributed by atoms with Gasteiger partial charge in [-0.05, 0) is 6.42 Å². The Morgan fingerprint density at radius 2 is 2.14 bits per heavy atom. The average Bonchev–Trinajstić information content (AvgIpc) is 3.33. The lowest BCUT2D eigenvalue weighted by molar-refractivity contribution is -0.143. The summed E-state index contributed by atoms with van der Waals surface area (Å²) in [7, 11) is 0. The van der Waals surface area contributed by atoms with Crippen LogP contribution in [0, 0.1) is 0 Å².